The van der Waals surface area contributed by atoms with Crippen LogP contribution in [-0.4, -0.2) is 4.57 Å². The van der Waals surface area contributed by atoms with E-state index >= 15 is 0 Å². The molecule has 318 valence electrons. The van der Waals surface area contributed by atoms with Crippen LogP contribution in [0.2, 0.25) is 0 Å². The number of fused-ring (bicyclic) bond motifs is 5. The smallest absolute Gasteiger partial charge is 0.0619 e. The van der Waals surface area contributed by atoms with Crippen molar-refractivity contribution in [1.29, 1.82) is 0 Å². The summed E-state index contributed by atoms with van der Waals surface area (Å²) in [6, 6.07) is 88.2. The van der Waals surface area contributed by atoms with E-state index < -0.39 is 0 Å². The Hall–Kier alpha value is -8.46. The first-order chi connectivity index (χ1) is 33.0. The summed E-state index contributed by atoms with van der Waals surface area (Å²) in [4.78, 5) is 2.30. The van der Waals surface area contributed by atoms with Crippen LogP contribution in [-0.2, 0) is 5.41 Å². The second kappa shape index (κ2) is 16.5. The fourth-order valence-corrected chi connectivity index (χ4v) is 10.5. The van der Waals surface area contributed by atoms with Crippen molar-refractivity contribution in [2.75, 3.05) is 4.90 Å². The predicted octanol–water partition coefficient (Wildman–Crippen LogP) is 17.7. The number of nitrogens with zero attached hydrogens (tertiary/aromatic N) is 2. The van der Waals surface area contributed by atoms with E-state index in [4.69, 9.17) is 0 Å². The molecule has 2 nitrogen and oxygen atoms in total. The molecule has 1 heterocycles. The third-order valence-corrected chi connectivity index (χ3v) is 13.8. The molecule has 0 unspecified atom stereocenters. The Morgan fingerprint density at radius 1 is 0.388 bits per heavy atom. The molecule has 0 spiro atoms. The standard InChI is InChI=1S/C65H48N2/c1-65(2)60-42-49(55-40-36-46(54-30-18-19-31-56(54)55)35-32-45-33-38-53(39-34-45)66(50-24-12-5-13-25-50)51-26-14-6-15-27-51)37-41-57(60)58-43-59-62(44-61(58)65)67(52-28-16-7-17-29-52)64(48-22-10-4-11-23-48)63(59)47-20-8-3-9-21-47/h3-44H,1-2H3. The first kappa shape index (κ1) is 40.1. The molecular weight excluding hydrogens is 809 g/mol. The second-order valence-electron chi connectivity index (χ2n) is 18.1. The maximum atomic E-state index is 2.49. The average molecular weight is 857 g/mol. The lowest BCUT2D eigenvalue weighted by Crippen LogP contribution is -2.15. The van der Waals surface area contributed by atoms with Crippen molar-refractivity contribution in [3.8, 4) is 50.3 Å². The Morgan fingerprint density at radius 3 is 1.58 bits per heavy atom. The molecule has 0 atom stereocenters. The lowest BCUT2D eigenvalue weighted by Gasteiger charge is -2.25. The number of anilines is 3. The van der Waals surface area contributed by atoms with Gasteiger partial charge in [0.1, 0.15) is 0 Å². The van der Waals surface area contributed by atoms with E-state index in [1.165, 1.54) is 83.0 Å². The van der Waals surface area contributed by atoms with Crippen molar-refractivity contribution in [3.05, 3.63) is 265 Å². The van der Waals surface area contributed by atoms with Crippen LogP contribution in [0.1, 0.15) is 36.1 Å². The summed E-state index contributed by atoms with van der Waals surface area (Å²) in [5.74, 6) is 0. The molecule has 0 fully saturated rings. The number of hydrogen-bond donors (Lipinski definition) is 0. The molecule has 67 heavy (non-hydrogen) atoms. The van der Waals surface area contributed by atoms with Crippen LogP contribution in [0.5, 0.6) is 0 Å². The molecular formula is C65H48N2. The lowest BCUT2D eigenvalue weighted by atomic mass is 9.81. The molecule has 0 N–H and O–H groups in total. The first-order valence-corrected chi connectivity index (χ1v) is 23.3. The zero-order valence-electron chi connectivity index (χ0n) is 37.6. The molecule has 10 aromatic carbocycles. The van der Waals surface area contributed by atoms with Crippen molar-refractivity contribution in [2.45, 2.75) is 19.3 Å². The van der Waals surface area contributed by atoms with Crippen molar-refractivity contribution in [1.82, 2.24) is 4.57 Å². The molecule has 0 aliphatic heterocycles. The van der Waals surface area contributed by atoms with Crippen LogP contribution in [0.15, 0.2) is 243 Å². The first-order valence-electron chi connectivity index (χ1n) is 23.3. The van der Waals surface area contributed by atoms with Gasteiger partial charge in [0.25, 0.3) is 0 Å². The monoisotopic (exact) mass is 856 g/mol. The predicted molar refractivity (Wildman–Crippen MR) is 285 cm³/mol. The van der Waals surface area contributed by atoms with E-state index in [2.05, 4.69) is 278 Å². The van der Waals surface area contributed by atoms with Crippen molar-refractivity contribution in [3.63, 3.8) is 0 Å². The van der Waals surface area contributed by atoms with Gasteiger partial charge in [-0.15, -0.1) is 0 Å². The molecule has 11 aromatic rings. The van der Waals surface area contributed by atoms with Gasteiger partial charge in [-0.3, -0.25) is 0 Å². The summed E-state index contributed by atoms with van der Waals surface area (Å²) in [7, 11) is 0. The molecule has 12 rings (SSSR count). The van der Waals surface area contributed by atoms with Crippen molar-refractivity contribution in [2.24, 2.45) is 0 Å². The van der Waals surface area contributed by atoms with Gasteiger partial charge in [0.15, 0.2) is 0 Å². The zero-order valence-corrected chi connectivity index (χ0v) is 37.6. The topological polar surface area (TPSA) is 8.17 Å². The van der Waals surface area contributed by atoms with Gasteiger partial charge >= 0.3 is 0 Å². The summed E-state index contributed by atoms with van der Waals surface area (Å²) >= 11 is 0. The molecule has 0 bridgehead atoms. The number of para-hydroxylation sites is 3. The molecule has 0 radical (unpaired) electrons. The largest absolute Gasteiger partial charge is 0.311 e. The minimum Gasteiger partial charge on any atom is -0.311 e. The molecule has 1 aliphatic carbocycles. The highest BCUT2D eigenvalue weighted by atomic mass is 15.1. The number of benzene rings is 10. The fraction of sp³-hybridized carbons (Fsp3) is 0.0462. The highest BCUT2D eigenvalue weighted by Gasteiger charge is 2.37. The molecule has 0 saturated carbocycles. The second-order valence-corrected chi connectivity index (χ2v) is 18.1. The Morgan fingerprint density at radius 2 is 0.925 bits per heavy atom. The van der Waals surface area contributed by atoms with Crippen LogP contribution >= 0.6 is 0 Å². The molecule has 0 saturated heterocycles. The third-order valence-electron chi connectivity index (χ3n) is 13.8. The van der Waals surface area contributed by atoms with Gasteiger partial charge in [0, 0.05) is 39.1 Å². The summed E-state index contributed by atoms with van der Waals surface area (Å²) < 4.78 is 2.49. The van der Waals surface area contributed by atoms with Gasteiger partial charge in [0.05, 0.1) is 11.2 Å². The zero-order chi connectivity index (χ0) is 44.9. The van der Waals surface area contributed by atoms with E-state index in [0.717, 1.165) is 28.3 Å². The Bertz CT molecular complexity index is 3570. The number of hydrogen-bond acceptors (Lipinski definition) is 1. The van der Waals surface area contributed by atoms with Gasteiger partial charge in [0.2, 0.25) is 0 Å². The SMILES string of the molecule is CC1(C)c2cc(-c3ccc(C=Cc4ccc(N(c5ccccc5)c5ccccc5)cc4)c4ccccc34)ccc2-c2cc3c(-c4ccccc4)c(-c4ccccc4)n(-c4ccccc4)c3cc21. The Labute approximate surface area is 393 Å². The summed E-state index contributed by atoms with van der Waals surface area (Å²) in [5, 5.41) is 3.74. The molecule has 1 aromatic heterocycles. The van der Waals surface area contributed by atoms with Crippen LogP contribution in [0.4, 0.5) is 17.1 Å². The van der Waals surface area contributed by atoms with Crippen LogP contribution in [0.3, 0.4) is 0 Å². The molecule has 2 heteroatoms. The van der Waals surface area contributed by atoms with Crippen LogP contribution in [0.25, 0.3) is 84.2 Å². The van der Waals surface area contributed by atoms with E-state index in [0.29, 0.717) is 0 Å². The van der Waals surface area contributed by atoms with Gasteiger partial charge in [-0.25, -0.2) is 0 Å². The lowest BCUT2D eigenvalue weighted by molar-refractivity contribution is 0.661. The Kier molecular flexibility index (Phi) is 9.88. The summed E-state index contributed by atoms with van der Waals surface area (Å²) in [6.07, 6.45) is 4.49. The minimum absolute atomic E-state index is 0.228. The maximum absolute atomic E-state index is 2.49. The van der Waals surface area contributed by atoms with E-state index in [9.17, 15) is 0 Å². The third kappa shape index (κ3) is 6.97. The summed E-state index contributed by atoms with van der Waals surface area (Å²) in [6.45, 7) is 4.80. The van der Waals surface area contributed by atoms with E-state index in [1.54, 1.807) is 0 Å². The maximum Gasteiger partial charge on any atom is 0.0619 e. The Balaban J connectivity index is 0.924. The normalized spacial score (nSPS) is 12.7. The highest BCUT2D eigenvalue weighted by Crippen LogP contribution is 2.54. The highest BCUT2D eigenvalue weighted by molar-refractivity contribution is 6.09. The average Bonchev–Trinajstić information content (AvgIpc) is 3.84. The minimum atomic E-state index is -0.228. The number of rotatable bonds is 9. The van der Waals surface area contributed by atoms with Gasteiger partial charge in [-0.2, -0.15) is 0 Å². The number of aromatic nitrogens is 1. The van der Waals surface area contributed by atoms with Crippen molar-refractivity contribution >= 4 is 50.9 Å². The quantitative estimate of drug-likeness (QED) is 0.131. The van der Waals surface area contributed by atoms with Crippen molar-refractivity contribution < 1.29 is 0 Å². The van der Waals surface area contributed by atoms with Crippen LogP contribution < -0.4 is 4.90 Å². The van der Waals surface area contributed by atoms with Gasteiger partial charge in [-0.1, -0.05) is 202 Å². The fourth-order valence-electron chi connectivity index (χ4n) is 10.5. The van der Waals surface area contributed by atoms with Crippen LogP contribution in [0, 0.1) is 0 Å². The van der Waals surface area contributed by atoms with E-state index in [1.807, 2.05) is 0 Å². The molecule has 1 aliphatic rings. The van der Waals surface area contributed by atoms with Gasteiger partial charge in [-0.05, 0) is 133 Å². The molecule has 0 amide bonds. The summed E-state index contributed by atoms with van der Waals surface area (Å²) in [5.41, 5.74) is 20.6. The van der Waals surface area contributed by atoms with Gasteiger partial charge < -0.3 is 9.47 Å². The van der Waals surface area contributed by atoms with E-state index in [-0.39, 0.29) is 5.41 Å².